The number of halogens is 2. The molecule has 0 aromatic rings. The Kier molecular flexibility index (Phi) is 5.86. The van der Waals surface area contributed by atoms with Crippen molar-refractivity contribution in [3.63, 3.8) is 0 Å². The quantitative estimate of drug-likeness (QED) is 0.779. The molecule has 2 atom stereocenters. The molecule has 0 bridgehead atoms. The smallest absolute Gasteiger partial charge is 0.323 e. The van der Waals surface area contributed by atoms with E-state index in [-0.39, 0.29) is 13.0 Å². The van der Waals surface area contributed by atoms with Crippen LogP contribution in [0.5, 0.6) is 0 Å². The van der Waals surface area contributed by atoms with E-state index in [0.29, 0.717) is 0 Å². The molecular weight excluding hydrogens is 298 g/mol. The third kappa shape index (κ3) is 5.49. The minimum atomic E-state index is -3.15. The summed E-state index contributed by atoms with van der Waals surface area (Å²) < 4.78 is 38.2. The van der Waals surface area contributed by atoms with Gasteiger partial charge in [0.2, 0.25) is 0 Å². The van der Waals surface area contributed by atoms with Crippen LogP contribution in [0.15, 0.2) is 0 Å². The molecule has 1 heterocycles. The molecule has 0 spiro atoms. The van der Waals surface area contributed by atoms with Crippen LogP contribution in [0, 0.1) is 0 Å². The van der Waals surface area contributed by atoms with E-state index in [2.05, 4.69) is 4.74 Å². The number of likely N-dealkylation sites (tertiary alicyclic amines) is 1. The third-order valence-corrected chi connectivity index (χ3v) is 3.09. The molecule has 0 saturated carbocycles. The fourth-order valence-corrected chi connectivity index (χ4v) is 2.06. The Morgan fingerprint density at radius 3 is 2.45 bits per heavy atom. The predicted molar refractivity (Wildman–Crippen MR) is 75.4 cm³/mol. The molecular formula is C14H24F2N2O4. The summed E-state index contributed by atoms with van der Waals surface area (Å²) in [7, 11) is 0. The lowest BCUT2D eigenvalue weighted by Crippen LogP contribution is -2.56. The van der Waals surface area contributed by atoms with Gasteiger partial charge in [-0.15, -0.1) is 0 Å². The third-order valence-electron chi connectivity index (χ3n) is 3.09. The van der Waals surface area contributed by atoms with E-state index in [9.17, 15) is 18.4 Å². The Morgan fingerprint density at radius 1 is 1.41 bits per heavy atom. The number of ether oxygens (including phenoxy) is 2. The van der Waals surface area contributed by atoms with Gasteiger partial charge in [-0.25, -0.2) is 8.78 Å². The molecule has 1 saturated heterocycles. The van der Waals surface area contributed by atoms with E-state index in [1.807, 2.05) is 0 Å². The van der Waals surface area contributed by atoms with Gasteiger partial charge in [-0.3, -0.25) is 9.59 Å². The average Bonchev–Trinajstić information content (AvgIpc) is 2.35. The maximum atomic E-state index is 14.1. The molecule has 1 rings (SSSR count). The van der Waals surface area contributed by atoms with Gasteiger partial charge in [0.25, 0.3) is 11.8 Å². The highest BCUT2D eigenvalue weighted by molar-refractivity contribution is 5.82. The van der Waals surface area contributed by atoms with E-state index in [0.717, 1.165) is 4.90 Å². The summed E-state index contributed by atoms with van der Waals surface area (Å²) in [6.07, 6.45) is -1.21. The number of carbonyl (C=O) groups excluding carboxylic acids is 2. The van der Waals surface area contributed by atoms with Crippen molar-refractivity contribution < 1.29 is 27.8 Å². The van der Waals surface area contributed by atoms with Crippen LogP contribution in [0.2, 0.25) is 0 Å². The van der Waals surface area contributed by atoms with Crippen LogP contribution >= 0.6 is 0 Å². The van der Waals surface area contributed by atoms with Gasteiger partial charge in [0.1, 0.15) is 12.1 Å². The van der Waals surface area contributed by atoms with Crippen LogP contribution in [-0.2, 0) is 19.1 Å². The number of carbonyl (C=O) groups is 2. The molecule has 2 N–H and O–H groups in total. The monoisotopic (exact) mass is 322 g/mol. The van der Waals surface area contributed by atoms with Gasteiger partial charge in [-0.1, -0.05) is 0 Å². The molecule has 22 heavy (non-hydrogen) atoms. The van der Waals surface area contributed by atoms with Gasteiger partial charge in [0.15, 0.2) is 6.61 Å². The zero-order chi connectivity index (χ0) is 17.1. The van der Waals surface area contributed by atoms with Crippen LogP contribution in [0.3, 0.4) is 0 Å². The normalized spacial score (nSPS) is 23.0. The fraction of sp³-hybridized carbons (Fsp3) is 0.857. The van der Waals surface area contributed by atoms with E-state index in [4.69, 9.17) is 10.5 Å². The summed E-state index contributed by atoms with van der Waals surface area (Å²) in [5, 5.41) is 0. The predicted octanol–water partition coefficient (Wildman–Crippen LogP) is 0.928. The van der Waals surface area contributed by atoms with Crippen molar-refractivity contribution >= 4 is 11.9 Å². The first kappa shape index (κ1) is 18.8. The highest BCUT2D eigenvalue weighted by atomic mass is 19.3. The first-order chi connectivity index (χ1) is 9.92. The number of nitrogens with two attached hydrogens (primary N) is 1. The molecule has 1 amide bonds. The van der Waals surface area contributed by atoms with E-state index in [1.165, 1.54) is 6.92 Å². The summed E-state index contributed by atoms with van der Waals surface area (Å²) in [6, 6.07) is -0.861. The zero-order valence-corrected chi connectivity index (χ0v) is 13.4. The number of rotatable bonds is 4. The lowest BCUT2D eigenvalue weighted by Gasteiger charge is -2.40. The Bertz CT molecular complexity index is 422. The summed E-state index contributed by atoms with van der Waals surface area (Å²) in [6.45, 7) is 5.32. The van der Waals surface area contributed by atoms with Gasteiger partial charge in [0, 0.05) is 6.54 Å². The van der Waals surface area contributed by atoms with Crippen molar-refractivity contribution in [2.24, 2.45) is 5.73 Å². The molecule has 1 aliphatic rings. The second-order valence-electron chi connectivity index (χ2n) is 6.48. The zero-order valence-electron chi connectivity index (χ0n) is 13.4. The largest absolute Gasteiger partial charge is 0.454 e. The topological polar surface area (TPSA) is 81.9 Å². The average molecular weight is 322 g/mol. The summed E-state index contributed by atoms with van der Waals surface area (Å²) in [5.74, 6) is -4.55. The summed E-state index contributed by atoms with van der Waals surface area (Å²) >= 11 is 0. The Morgan fingerprint density at radius 2 is 2.00 bits per heavy atom. The van der Waals surface area contributed by atoms with E-state index >= 15 is 0 Å². The summed E-state index contributed by atoms with van der Waals surface area (Å²) in [4.78, 5) is 24.0. The van der Waals surface area contributed by atoms with Crippen molar-refractivity contribution in [1.82, 2.24) is 4.90 Å². The first-order valence-corrected chi connectivity index (χ1v) is 7.18. The standard InChI is InChI=1S/C14H24F2N2O4/c1-9(17)12(20)21-7-11(19)18-6-5-10(14(15,16)8-18)22-13(2,3)4/h9-10H,5-8,17H2,1-4H3/t9-,10-/m0/s1. The highest BCUT2D eigenvalue weighted by Crippen LogP contribution is 2.32. The molecule has 8 heteroatoms. The Hall–Kier alpha value is -1.28. The lowest BCUT2D eigenvalue weighted by molar-refractivity contribution is -0.208. The molecule has 128 valence electrons. The van der Waals surface area contributed by atoms with Crippen LogP contribution in [-0.4, -0.2) is 60.1 Å². The van der Waals surface area contributed by atoms with E-state index in [1.54, 1.807) is 20.8 Å². The Labute approximate surface area is 128 Å². The maximum absolute atomic E-state index is 14.1. The maximum Gasteiger partial charge on any atom is 0.323 e. The molecule has 0 radical (unpaired) electrons. The minimum Gasteiger partial charge on any atom is -0.454 e. The number of nitrogens with zero attached hydrogens (tertiary/aromatic N) is 1. The van der Waals surface area contributed by atoms with Gasteiger partial charge in [0.05, 0.1) is 12.1 Å². The van der Waals surface area contributed by atoms with Crippen molar-refractivity contribution in [3.05, 3.63) is 0 Å². The second-order valence-corrected chi connectivity index (χ2v) is 6.48. The first-order valence-electron chi connectivity index (χ1n) is 7.18. The number of alkyl halides is 2. The SMILES string of the molecule is C[C@H](N)C(=O)OCC(=O)N1CC[C@H](OC(C)(C)C)C(F)(F)C1. The number of piperidine rings is 1. The lowest BCUT2D eigenvalue weighted by atomic mass is 10.0. The number of amides is 1. The van der Waals surface area contributed by atoms with Crippen LogP contribution in [0.25, 0.3) is 0 Å². The van der Waals surface area contributed by atoms with Crippen LogP contribution < -0.4 is 5.73 Å². The van der Waals surface area contributed by atoms with Crippen molar-refractivity contribution in [2.75, 3.05) is 19.7 Å². The van der Waals surface area contributed by atoms with E-state index < -0.39 is 48.7 Å². The van der Waals surface area contributed by atoms with Gasteiger partial charge < -0.3 is 20.1 Å². The molecule has 0 aliphatic carbocycles. The number of hydrogen-bond donors (Lipinski definition) is 1. The molecule has 1 aliphatic heterocycles. The molecule has 0 aromatic carbocycles. The molecule has 0 aromatic heterocycles. The minimum absolute atomic E-state index is 0.0250. The second kappa shape index (κ2) is 6.87. The van der Waals surface area contributed by atoms with Crippen LogP contribution in [0.1, 0.15) is 34.1 Å². The molecule has 0 unspecified atom stereocenters. The fourth-order valence-electron chi connectivity index (χ4n) is 2.06. The Balaban J connectivity index is 2.56. The molecule has 6 nitrogen and oxygen atoms in total. The number of hydrogen-bond acceptors (Lipinski definition) is 5. The van der Waals surface area contributed by atoms with Crippen LogP contribution in [0.4, 0.5) is 8.78 Å². The van der Waals surface area contributed by atoms with Gasteiger partial charge >= 0.3 is 5.97 Å². The van der Waals surface area contributed by atoms with Crippen molar-refractivity contribution in [1.29, 1.82) is 0 Å². The van der Waals surface area contributed by atoms with Crippen molar-refractivity contribution in [3.8, 4) is 0 Å². The number of esters is 1. The molecule has 1 fully saturated rings. The van der Waals surface area contributed by atoms with Crippen molar-refractivity contribution in [2.45, 2.75) is 57.8 Å². The van der Waals surface area contributed by atoms with Gasteiger partial charge in [-0.2, -0.15) is 0 Å². The highest BCUT2D eigenvalue weighted by Gasteiger charge is 2.48. The summed E-state index contributed by atoms with van der Waals surface area (Å²) in [5.41, 5.74) is 4.60. The van der Waals surface area contributed by atoms with Gasteiger partial charge in [-0.05, 0) is 34.1 Å².